The van der Waals surface area contributed by atoms with Gasteiger partial charge < -0.3 is 14.9 Å². The fraction of sp³-hybridized carbons (Fsp3) is 0.222. The van der Waals surface area contributed by atoms with Gasteiger partial charge >= 0.3 is 0 Å². The highest BCUT2D eigenvalue weighted by molar-refractivity contribution is 5.95. The van der Waals surface area contributed by atoms with Crippen LogP contribution in [0.4, 0.5) is 24.5 Å². The lowest BCUT2D eigenvalue weighted by atomic mass is 9.84. The maximum absolute atomic E-state index is 14.2. The summed E-state index contributed by atoms with van der Waals surface area (Å²) in [5.74, 6) is -2.53. The van der Waals surface area contributed by atoms with Gasteiger partial charge in [0.05, 0.1) is 11.3 Å². The first-order valence-corrected chi connectivity index (χ1v) is 11.2. The number of anilines is 2. The highest BCUT2D eigenvalue weighted by Crippen LogP contribution is 2.36. The van der Waals surface area contributed by atoms with Gasteiger partial charge in [-0.1, -0.05) is 30.4 Å². The molecule has 0 saturated carbocycles. The second kappa shape index (κ2) is 8.65. The van der Waals surface area contributed by atoms with Gasteiger partial charge in [0.2, 0.25) is 0 Å². The lowest BCUT2D eigenvalue weighted by molar-refractivity contribution is -0.0240. The minimum atomic E-state index is -1.52. The summed E-state index contributed by atoms with van der Waals surface area (Å²) in [5, 5.41) is 10.9. The Bertz CT molecular complexity index is 1270. The SMILES string of the molecule is O=C(c1ccc(N2CC=Cc3c(F)cccc32)cc1)N1CCC(O)(c2cccc(F)c2F)CC1. The molecule has 34 heavy (non-hydrogen) atoms. The molecule has 0 unspecified atom stereocenters. The van der Waals surface area contributed by atoms with Crippen LogP contribution in [0.5, 0.6) is 0 Å². The van der Waals surface area contributed by atoms with Crippen LogP contribution in [0.25, 0.3) is 6.08 Å². The number of aliphatic hydroxyl groups is 1. The van der Waals surface area contributed by atoms with Gasteiger partial charge in [-0.3, -0.25) is 4.79 Å². The zero-order valence-corrected chi connectivity index (χ0v) is 18.3. The second-order valence-electron chi connectivity index (χ2n) is 8.66. The maximum Gasteiger partial charge on any atom is 0.253 e. The topological polar surface area (TPSA) is 43.8 Å². The summed E-state index contributed by atoms with van der Waals surface area (Å²) in [4.78, 5) is 16.6. The minimum Gasteiger partial charge on any atom is -0.385 e. The van der Waals surface area contributed by atoms with E-state index in [4.69, 9.17) is 0 Å². The molecular formula is C27H23F3N2O2. The number of benzene rings is 3. The number of carbonyl (C=O) groups excluding carboxylic acids is 1. The van der Waals surface area contributed by atoms with Gasteiger partial charge in [-0.15, -0.1) is 0 Å². The van der Waals surface area contributed by atoms with Crippen molar-refractivity contribution in [2.45, 2.75) is 18.4 Å². The van der Waals surface area contributed by atoms with Crippen molar-refractivity contribution in [2.75, 3.05) is 24.5 Å². The lowest BCUT2D eigenvalue weighted by Crippen LogP contribution is -2.45. The zero-order valence-electron chi connectivity index (χ0n) is 18.3. The van der Waals surface area contributed by atoms with Crippen LogP contribution in [0.1, 0.15) is 34.3 Å². The van der Waals surface area contributed by atoms with Crippen LogP contribution in [0.15, 0.2) is 66.7 Å². The van der Waals surface area contributed by atoms with Crippen molar-refractivity contribution in [1.29, 1.82) is 0 Å². The Hall–Kier alpha value is -3.58. The highest BCUT2D eigenvalue weighted by Gasteiger charge is 2.38. The van der Waals surface area contributed by atoms with Crippen LogP contribution >= 0.6 is 0 Å². The third-order valence-corrected chi connectivity index (χ3v) is 6.65. The molecule has 1 saturated heterocycles. The third kappa shape index (κ3) is 3.86. The number of hydrogen-bond acceptors (Lipinski definition) is 3. The van der Waals surface area contributed by atoms with E-state index in [-0.39, 0.29) is 43.2 Å². The molecule has 7 heteroatoms. The standard InChI is InChI=1S/C27H23F3N2O2/c28-22-6-2-8-24-20(22)4-3-15-32(24)19-11-9-18(10-12-19)26(33)31-16-13-27(34,14-17-31)21-5-1-7-23(29)25(21)30/h1-12,34H,13-17H2. The number of rotatable bonds is 3. The number of likely N-dealkylation sites (tertiary alicyclic amines) is 1. The summed E-state index contributed by atoms with van der Waals surface area (Å²) in [6.45, 7) is 1.03. The van der Waals surface area contributed by atoms with E-state index in [1.54, 1.807) is 29.2 Å². The summed E-state index contributed by atoms with van der Waals surface area (Å²) in [6.07, 6.45) is 3.88. The molecule has 0 aromatic heterocycles. The number of hydrogen-bond donors (Lipinski definition) is 1. The molecule has 2 aliphatic heterocycles. The Kier molecular flexibility index (Phi) is 5.65. The molecule has 0 bridgehead atoms. The molecule has 2 heterocycles. The number of piperidine rings is 1. The van der Waals surface area contributed by atoms with Crippen molar-refractivity contribution >= 4 is 23.4 Å². The van der Waals surface area contributed by atoms with E-state index in [1.165, 1.54) is 18.2 Å². The fourth-order valence-electron chi connectivity index (χ4n) is 4.72. The van der Waals surface area contributed by atoms with Gasteiger partial charge in [0.15, 0.2) is 11.6 Å². The molecule has 4 nitrogen and oxygen atoms in total. The Morgan fingerprint density at radius 2 is 1.56 bits per heavy atom. The molecule has 0 aliphatic carbocycles. The Balaban J connectivity index is 1.29. The number of halogens is 3. The first kappa shape index (κ1) is 22.2. The first-order chi connectivity index (χ1) is 16.4. The van der Waals surface area contributed by atoms with E-state index in [2.05, 4.69) is 0 Å². The maximum atomic E-state index is 14.2. The van der Waals surface area contributed by atoms with E-state index in [1.807, 2.05) is 29.2 Å². The average Bonchev–Trinajstić information content (AvgIpc) is 2.86. The van der Waals surface area contributed by atoms with E-state index < -0.39 is 17.2 Å². The molecule has 174 valence electrons. The van der Waals surface area contributed by atoms with Crippen LogP contribution in [0.3, 0.4) is 0 Å². The van der Waals surface area contributed by atoms with Crippen molar-refractivity contribution in [1.82, 2.24) is 4.90 Å². The van der Waals surface area contributed by atoms with Gasteiger partial charge in [0.1, 0.15) is 5.82 Å². The molecule has 0 atom stereocenters. The van der Waals surface area contributed by atoms with Gasteiger partial charge in [0, 0.05) is 42.0 Å². The highest BCUT2D eigenvalue weighted by atomic mass is 19.2. The summed E-state index contributed by atoms with van der Waals surface area (Å²) >= 11 is 0. The van der Waals surface area contributed by atoms with E-state index in [0.717, 1.165) is 17.4 Å². The number of amides is 1. The molecule has 5 rings (SSSR count). The third-order valence-electron chi connectivity index (χ3n) is 6.65. The molecule has 0 radical (unpaired) electrons. The average molecular weight is 464 g/mol. The first-order valence-electron chi connectivity index (χ1n) is 11.2. The number of carbonyl (C=O) groups is 1. The largest absolute Gasteiger partial charge is 0.385 e. The van der Waals surface area contributed by atoms with E-state index in [0.29, 0.717) is 17.7 Å². The molecular weight excluding hydrogens is 441 g/mol. The van der Waals surface area contributed by atoms with Crippen molar-refractivity contribution in [3.05, 3.63) is 101 Å². The van der Waals surface area contributed by atoms with Crippen LogP contribution in [0.2, 0.25) is 0 Å². The Morgan fingerprint density at radius 1 is 0.882 bits per heavy atom. The number of nitrogens with zero attached hydrogens (tertiary/aromatic N) is 2. The predicted molar refractivity (Wildman–Crippen MR) is 124 cm³/mol. The Labute approximate surface area is 195 Å². The van der Waals surface area contributed by atoms with Gasteiger partial charge in [-0.05, 0) is 55.3 Å². The van der Waals surface area contributed by atoms with E-state index >= 15 is 0 Å². The normalized spacial score (nSPS) is 16.9. The van der Waals surface area contributed by atoms with Crippen molar-refractivity contribution in [3.63, 3.8) is 0 Å². The molecule has 2 aliphatic rings. The predicted octanol–water partition coefficient (Wildman–Crippen LogP) is 5.39. The monoisotopic (exact) mass is 464 g/mol. The molecule has 1 amide bonds. The van der Waals surface area contributed by atoms with Crippen LogP contribution in [0, 0.1) is 17.5 Å². The van der Waals surface area contributed by atoms with Crippen molar-refractivity contribution < 1.29 is 23.1 Å². The van der Waals surface area contributed by atoms with Gasteiger partial charge in [-0.2, -0.15) is 0 Å². The molecule has 0 spiro atoms. The number of fused-ring (bicyclic) bond motifs is 1. The smallest absolute Gasteiger partial charge is 0.253 e. The molecule has 3 aromatic carbocycles. The second-order valence-corrected chi connectivity index (χ2v) is 8.66. The van der Waals surface area contributed by atoms with Crippen molar-refractivity contribution in [2.24, 2.45) is 0 Å². The quantitative estimate of drug-likeness (QED) is 0.565. The Morgan fingerprint density at radius 3 is 2.29 bits per heavy atom. The summed E-state index contributed by atoms with van der Waals surface area (Å²) < 4.78 is 42.0. The van der Waals surface area contributed by atoms with Crippen molar-refractivity contribution in [3.8, 4) is 0 Å². The summed E-state index contributed by atoms with van der Waals surface area (Å²) in [7, 11) is 0. The van der Waals surface area contributed by atoms with Crippen LogP contribution in [-0.2, 0) is 5.60 Å². The fourth-order valence-corrected chi connectivity index (χ4v) is 4.72. The van der Waals surface area contributed by atoms with Gasteiger partial charge in [-0.25, -0.2) is 13.2 Å². The molecule has 1 N–H and O–H groups in total. The van der Waals surface area contributed by atoms with Crippen LogP contribution < -0.4 is 4.90 Å². The van der Waals surface area contributed by atoms with E-state index in [9.17, 15) is 23.1 Å². The molecule has 3 aromatic rings. The lowest BCUT2D eigenvalue weighted by Gasteiger charge is -2.38. The summed E-state index contributed by atoms with van der Waals surface area (Å²) in [6, 6.07) is 15.8. The zero-order chi connectivity index (χ0) is 23.9. The van der Waals surface area contributed by atoms with Gasteiger partial charge in [0.25, 0.3) is 5.91 Å². The molecule has 1 fully saturated rings. The minimum absolute atomic E-state index is 0.0729. The summed E-state index contributed by atoms with van der Waals surface area (Å²) in [5.41, 5.74) is 1.03. The van der Waals surface area contributed by atoms with Crippen LogP contribution in [-0.4, -0.2) is 35.5 Å².